The zero-order valence-electron chi connectivity index (χ0n) is 9.62. The summed E-state index contributed by atoms with van der Waals surface area (Å²) in [5, 5.41) is 9.96. The van der Waals surface area contributed by atoms with Crippen LogP contribution in [0.4, 0.5) is 13.2 Å². The molecule has 1 nitrogen and oxygen atoms in total. The Morgan fingerprint density at radius 1 is 0.889 bits per heavy atom. The number of rotatable bonds is 2. The zero-order valence-corrected chi connectivity index (χ0v) is 9.62. The molecule has 2 aromatic rings. The number of aryl methyl sites for hydroxylation is 1. The molecular formula is C14H11F3O. The van der Waals surface area contributed by atoms with E-state index in [9.17, 15) is 18.3 Å². The van der Waals surface area contributed by atoms with Crippen molar-refractivity contribution in [3.63, 3.8) is 0 Å². The Kier molecular flexibility index (Phi) is 3.39. The lowest BCUT2D eigenvalue weighted by molar-refractivity contribution is 0.218. The lowest BCUT2D eigenvalue weighted by Crippen LogP contribution is -2.02. The maximum atomic E-state index is 13.4. The van der Waals surface area contributed by atoms with E-state index < -0.39 is 23.6 Å². The van der Waals surface area contributed by atoms with Crippen molar-refractivity contribution in [2.45, 2.75) is 13.0 Å². The van der Waals surface area contributed by atoms with Crippen LogP contribution in [-0.4, -0.2) is 5.11 Å². The van der Waals surface area contributed by atoms with E-state index in [1.54, 1.807) is 6.92 Å². The third kappa shape index (κ3) is 2.54. The van der Waals surface area contributed by atoms with Gasteiger partial charge in [0.1, 0.15) is 23.6 Å². The highest BCUT2D eigenvalue weighted by Gasteiger charge is 2.14. The molecule has 0 aliphatic carbocycles. The van der Waals surface area contributed by atoms with Crippen LogP contribution in [0.5, 0.6) is 0 Å². The minimum Gasteiger partial charge on any atom is -0.384 e. The molecule has 18 heavy (non-hydrogen) atoms. The van der Waals surface area contributed by atoms with Gasteiger partial charge in [-0.15, -0.1) is 0 Å². The highest BCUT2D eigenvalue weighted by molar-refractivity contribution is 5.32. The molecule has 0 saturated heterocycles. The molecule has 0 aromatic heterocycles. The number of aliphatic hydroxyl groups is 1. The molecule has 0 spiro atoms. The van der Waals surface area contributed by atoms with E-state index in [0.717, 1.165) is 18.2 Å². The Labute approximate surface area is 103 Å². The summed E-state index contributed by atoms with van der Waals surface area (Å²) in [5.74, 6) is -2.03. The third-order valence-corrected chi connectivity index (χ3v) is 2.71. The molecule has 4 heteroatoms. The van der Waals surface area contributed by atoms with Gasteiger partial charge in [-0.2, -0.15) is 0 Å². The number of benzene rings is 2. The van der Waals surface area contributed by atoms with Crippen molar-refractivity contribution in [1.29, 1.82) is 0 Å². The molecule has 0 saturated carbocycles. The van der Waals surface area contributed by atoms with Crippen LogP contribution in [0.25, 0.3) is 0 Å². The van der Waals surface area contributed by atoms with E-state index in [2.05, 4.69) is 0 Å². The van der Waals surface area contributed by atoms with Gasteiger partial charge in [0.15, 0.2) is 0 Å². The number of hydrogen-bond donors (Lipinski definition) is 1. The Hall–Kier alpha value is -1.81. The topological polar surface area (TPSA) is 20.2 Å². The molecule has 0 heterocycles. The van der Waals surface area contributed by atoms with Crippen molar-refractivity contribution in [2.24, 2.45) is 0 Å². The van der Waals surface area contributed by atoms with E-state index in [1.807, 2.05) is 0 Å². The molecule has 0 bridgehead atoms. The molecule has 1 unspecified atom stereocenters. The van der Waals surface area contributed by atoms with Crippen molar-refractivity contribution in [2.75, 3.05) is 0 Å². The predicted octanol–water partition coefficient (Wildman–Crippen LogP) is 3.49. The molecule has 94 valence electrons. The first-order valence-electron chi connectivity index (χ1n) is 5.37. The number of halogens is 3. The maximum Gasteiger partial charge on any atom is 0.126 e. The SMILES string of the molecule is Cc1ccc(C(O)c2cc(F)cc(F)c2)cc1F. The highest BCUT2D eigenvalue weighted by Crippen LogP contribution is 2.24. The monoisotopic (exact) mass is 252 g/mol. The van der Waals surface area contributed by atoms with Crippen LogP contribution in [-0.2, 0) is 0 Å². The second kappa shape index (κ2) is 4.82. The predicted molar refractivity (Wildman–Crippen MR) is 61.6 cm³/mol. The Morgan fingerprint density at radius 3 is 2.06 bits per heavy atom. The van der Waals surface area contributed by atoms with Gasteiger partial charge in [-0.3, -0.25) is 0 Å². The van der Waals surface area contributed by atoms with Crippen molar-refractivity contribution in [3.05, 3.63) is 70.5 Å². The van der Waals surface area contributed by atoms with Crippen LogP contribution in [0.15, 0.2) is 36.4 Å². The Balaban J connectivity index is 2.40. The van der Waals surface area contributed by atoms with Crippen LogP contribution < -0.4 is 0 Å². The smallest absolute Gasteiger partial charge is 0.126 e. The summed E-state index contributed by atoms with van der Waals surface area (Å²) >= 11 is 0. The molecule has 0 aliphatic rings. The molecule has 2 rings (SSSR count). The fourth-order valence-electron chi connectivity index (χ4n) is 1.70. The molecule has 0 radical (unpaired) electrons. The summed E-state index contributed by atoms with van der Waals surface area (Å²) in [4.78, 5) is 0. The average molecular weight is 252 g/mol. The quantitative estimate of drug-likeness (QED) is 0.867. The van der Waals surface area contributed by atoms with Crippen LogP contribution in [0, 0.1) is 24.4 Å². The van der Waals surface area contributed by atoms with Crippen LogP contribution in [0.2, 0.25) is 0 Å². The standard InChI is InChI=1S/C14H11F3O/c1-8-2-3-9(6-13(8)17)14(18)10-4-11(15)7-12(16)5-10/h2-7,14,18H,1H3. The Morgan fingerprint density at radius 2 is 1.50 bits per heavy atom. The van der Waals surface area contributed by atoms with Gasteiger partial charge in [-0.25, -0.2) is 13.2 Å². The third-order valence-electron chi connectivity index (χ3n) is 2.71. The summed E-state index contributed by atoms with van der Waals surface area (Å²) in [6, 6.07) is 6.93. The fraction of sp³-hybridized carbons (Fsp3) is 0.143. The zero-order chi connectivity index (χ0) is 13.3. The molecular weight excluding hydrogens is 241 g/mol. The van der Waals surface area contributed by atoms with Crippen LogP contribution >= 0.6 is 0 Å². The summed E-state index contributed by atoms with van der Waals surface area (Å²) in [5.41, 5.74) is 0.746. The van der Waals surface area contributed by atoms with Gasteiger partial charge in [-0.05, 0) is 41.8 Å². The summed E-state index contributed by atoms with van der Waals surface area (Å²) < 4.78 is 39.4. The van der Waals surface area contributed by atoms with Crippen LogP contribution in [0.1, 0.15) is 22.8 Å². The van der Waals surface area contributed by atoms with E-state index in [1.165, 1.54) is 12.1 Å². The van der Waals surface area contributed by atoms with E-state index in [0.29, 0.717) is 11.6 Å². The molecule has 0 fully saturated rings. The van der Waals surface area contributed by atoms with E-state index >= 15 is 0 Å². The van der Waals surface area contributed by atoms with E-state index in [-0.39, 0.29) is 11.1 Å². The van der Waals surface area contributed by atoms with Crippen LogP contribution in [0.3, 0.4) is 0 Å². The molecule has 0 aliphatic heterocycles. The minimum atomic E-state index is -1.26. The first-order chi connectivity index (χ1) is 8.47. The van der Waals surface area contributed by atoms with Gasteiger partial charge in [0.05, 0.1) is 0 Å². The second-order valence-electron chi connectivity index (χ2n) is 4.11. The van der Waals surface area contributed by atoms with Gasteiger partial charge in [0.2, 0.25) is 0 Å². The Bertz CT molecular complexity index is 561. The summed E-state index contributed by atoms with van der Waals surface area (Å²) in [7, 11) is 0. The van der Waals surface area contributed by atoms with Crippen molar-refractivity contribution in [1.82, 2.24) is 0 Å². The number of hydrogen-bond acceptors (Lipinski definition) is 1. The summed E-state index contributed by atoms with van der Waals surface area (Å²) in [6.07, 6.45) is -1.26. The molecule has 1 atom stereocenters. The normalized spacial score (nSPS) is 12.5. The lowest BCUT2D eigenvalue weighted by Gasteiger charge is -2.12. The maximum absolute atomic E-state index is 13.4. The first-order valence-corrected chi connectivity index (χ1v) is 5.37. The van der Waals surface area contributed by atoms with Crippen molar-refractivity contribution >= 4 is 0 Å². The minimum absolute atomic E-state index is 0.0516. The van der Waals surface area contributed by atoms with Crippen molar-refractivity contribution < 1.29 is 18.3 Å². The lowest BCUT2D eigenvalue weighted by atomic mass is 10.00. The van der Waals surface area contributed by atoms with Gasteiger partial charge in [0.25, 0.3) is 0 Å². The summed E-state index contributed by atoms with van der Waals surface area (Å²) in [6.45, 7) is 1.59. The largest absolute Gasteiger partial charge is 0.384 e. The molecule has 0 amide bonds. The molecule has 2 aromatic carbocycles. The average Bonchev–Trinajstić information content (AvgIpc) is 2.30. The van der Waals surface area contributed by atoms with E-state index in [4.69, 9.17) is 0 Å². The van der Waals surface area contributed by atoms with Gasteiger partial charge < -0.3 is 5.11 Å². The van der Waals surface area contributed by atoms with Gasteiger partial charge in [0, 0.05) is 6.07 Å². The fourth-order valence-corrected chi connectivity index (χ4v) is 1.70. The van der Waals surface area contributed by atoms with Gasteiger partial charge in [-0.1, -0.05) is 12.1 Å². The second-order valence-corrected chi connectivity index (χ2v) is 4.11. The highest BCUT2D eigenvalue weighted by atomic mass is 19.1. The first kappa shape index (κ1) is 12.6. The van der Waals surface area contributed by atoms with Crippen molar-refractivity contribution in [3.8, 4) is 0 Å². The number of aliphatic hydroxyl groups excluding tert-OH is 1. The van der Waals surface area contributed by atoms with Gasteiger partial charge >= 0.3 is 0 Å². The molecule has 1 N–H and O–H groups in total.